The minimum Gasteiger partial charge on any atom is -0.444 e. The molecule has 0 fully saturated rings. The molecule has 1 aromatic carbocycles. The Hall–Kier alpha value is -3.42. The largest absolute Gasteiger partial charge is 0.444 e. The lowest BCUT2D eigenvalue weighted by molar-refractivity contribution is 0.0636. The zero-order chi connectivity index (χ0) is 21.2. The van der Waals surface area contributed by atoms with E-state index in [4.69, 9.17) is 9.15 Å². The summed E-state index contributed by atoms with van der Waals surface area (Å²) >= 11 is 0. The molecule has 0 aliphatic rings. The van der Waals surface area contributed by atoms with E-state index < -0.39 is 17.5 Å². The molecule has 2 heterocycles. The van der Waals surface area contributed by atoms with E-state index in [1.54, 1.807) is 18.3 Å². The molecule has 0 saturated heterocycles. The van der Waals surface area contributed by atoms with Crippen LogP contribution in [0.4, 0.5) is 10.5 Å². The molecule has 0 aliphatic heterocycles. The first kappa shape index (κ1) is 20.3. The lowest BCUT2D eigenvalue weighted by atomic mass is 10.0. The maximum absolute atomic E-state index is 11.9. The molecule has 152 valence electrons. The number of anilines is 1. The molecule has 0 radical (unpaired) electrons. The average Bonchev–Trinajstić information content (AvgIpc) is 2.99. The lowest BCUT2D eigenvalue weighted by Gasteiger charge is -2.19. The van der Waals surface area contributed by atoms with Crippen LogP contribution in [0.15, 0.2) is 45.7 Å². The smallest absolute Gasteiger partial charge is 0.437 e. The van der Waals surface area contributed by atoms with Gasteiger partial charge in [0.2, 0.25) is 0 Å². The van der Waals surface area contributed by atoms with Gasteiger partial charge >= 0.3 is 11.8 Å². The summed E-state index contributed by atoms with van der Waals surface area (Å²) in [6.07, 6.45) is 1.87. The zero-order valence-corrected chi connectivity index (χ0v) is 17.1. The highest BCUT2D eigenvalue weighted by atomic mass is 16.6. The van der Waals surface area contributed by atoms with Gasteiger partial charge in [0.05, 0.1) is 5.56 Å². The van der Waals surface area contributed by atoms with Gasteiger partial charge in [-0.1, -0.05) is 19.1 Å². The van der Waals surface area contributed by atoms with Crippen molar-refractivity contribution in [3.8, 4) is 22.6 Å². The summed E-state index contributed by atoms with van der Waals surface area (Å²) in [5, 5.41) is 6.80. The topological polar surface area (TPSA) is 99.3 Å². The molecule has 0 atom stereocenters. The second kappa shape index (κ2) is 7.90. The van der Waals surface area contributed by atoms with Crippen LogP contribution < -0.4 is 11.1 Å². The quantitative estimate of drug-likeness (QED) is 0.715. The predicted molar refractivity (Wildman–Crippen MR) is 110 cm³/mol. The molecule has 3 aromatic rings. The lowest BCUT2D eigenvalue weighted by Crippen LogP contribution is -2.27. The third-order valence-electron chi connectivity index (χ3n) is 4.08. The summed E-state index contributed by atoms with van der Waals surface area (Å²) in [4.78, 5) is 28.0. The van der Waals surface area contributed by atoms with Crippen LogP contribution in [-0.2, 0) is 18.2 Å². The van der Waals surface area contributed by atoms with E-state index >= 15 is 0 Å². The van der Waals surface area contributed by atoms with Gasteiger partial charge in [-0.3, -0.25) is 10.3 Å². The van der Waals surface area contributed by atoms with E-state index in [9.17, 15) is 9.59 Å². The van der Waals surface area contributed by atoms with E-state index in [1.165, 1.54) is 7.05 Å². The molecule has 0 spiro atoms. The van der Waals surface area contributed by atoms with Gasteiger partial charge in [-0.25, -0.2) is 9.59 Å². The second-order valence-corrected chi connectivity index (χ2v) is 7.57. The maximum Gasteiger partial charge on any atom is 0.437 e. The zero-order valence-electron chi connectivity index (χ0n) is 17.1. The van der Waals surface area contributed by atoms with Gasteiger partial charge in [0.1, 0.15) is 5.60 Å². The molecule has 1 N–H and O–H groups in total. The van der Waals surface area contributed by atoms with Crippen LogP contribution in [0.25, 0.3) is 22.6 Å². The van der Waals surface area contributed by atoms with Gasteiger partial charge in [-0.05, 0) is 51.0 Å². The molecule has 29 heavy (non-hydrogen) atoms. The molecular formula is C21H24N4O4. The molecule has 3 rings (SSSR count). The van der Waals surface area contributed by atoms with Gasteiger partial charge in [-0.15, -0.1) is 5.10 Å². The number of rotatable bonds is 4. The molecule has 2 aromatic heterocycles. The monoisotopic (exact) mass is 396 g/mol. The maximum atomic E-state index is 11.9. The number of carbonyl (C=O) groups is 1. The van der Waals surface area contributed by atoms with E-state index in [0.29, 0.717) is 11.3 Å². The first-order valence-electron chi connectivity index (χ1n) is 9.30. The third-order valence-corrected chi connectivity index (χ3v) is 4.08. The number of benzene rings is 1. The molecule has 1 amide bonds. The number of carbonyl (C=O) groups excluding carboxylic acids is 1. The Kier molecular flexibility index (Phi) is 5.54. The van der Waals surface area contributed by atoms with E-state index in [-0.39, 0.29) is 5.89 Å². The molecule has 0 bridgehead atoms. The first-order chi connectivity index (χ1) is 13.7. The highest BCUT2D eigenvalue weighted by Crippen LogP contribution is 2.28. The standard InChI is InChI=1S/C21H24N4O4/c1-6-17-16(11-14(12-22-17)18-24-25(5)20(27)28-18)13-7-9-15(10-8-13)23-19(26)29-21(2,3)4/h7-12H,6H2,1-5H3,(H,23,26). The highest BCUT2D eigenvalue weighted by Gasteiger charge is 2.17. The number of amides is 1. The van der Waals surface area contributed by atoms with Crippen molar-refractivity contribution < 1.29 is 13.9 Å². The van der Waals surface area contributed by atoms with Crippen molar-refractivity contribution in [3.63, 3.8) is 0 Å². The van der Waals surface area contributed by atoms with Crippen molar-refractivity contribution in [1.82, 2.24) is 14.8 Å². The van der Waals surface area contributed by atoms with Crippen LogP contribution in [0.2, 0.25) is 0 Å². The number of hydrogen-bond donors (Lipinski definition) is 1. The summed E-state index contributed by atoms with van der Waals surface area (Å²) in [7, 11) is 1.53. The molecule has 8 heteroatoms. The van der Waals surface area contributed by atoms with Crippen LogP contribution in [0.5, 0.6) is 0 Å². The van der Waals surface area contributed by atoms with Crippen molar-refractivity contribution >= 4 is 11.8 Å². The van der Waals surface area contributed by atoms with E-state index in [1.807, 2.05) is 45.9 Å². The summed E-state index contributed by atoms with van der Waals surface area (Å²) in [5.41, 5.74) is 3.41. The minimum atomic E-state index is -0.563. The second-order valence-electron chi connectivity index (χ2n) is 7.57. The number of nitrogens with one attached hydrogen (secondary N) is 1. The number of aryl methyl sites for hydroxylation is 2. The molecular weight excluding hydrogens is 372 g/mol. The molecule has 0 saturated carbocycles. The molecule has 0 unspecified atom stereocenters. The van der Waals surface area contributed by atoms with Crippen LogP contribution in [0, 0.1) is 0 Å². The van der Waals surface area contributed by atoms with Gasteiger partial charge < -0.3 is 9.15 Å². The van der Waals surface area contributed by atoms with Crippen LogP contribution >= 0.6 is 0 Å². The van der Waals surface area contributed by atoms with Crippen molar-refractivity contribution in [2.24, 2.45) is 7.05 Å². The predicted octanol–water partition coefficient (Wildman–Crippen LogP) is 4.01. The number of nitrogens with zero attached hydrogens (tertiary/aromatic N) is 3. The van der Waals surface area contributed by atoms with Crippen molar-refractivity contribution in [3.05, 3.63) is 52.8 Å². The fourth-order valence-electron chi connectivity index (χ4n) is 2.76. The van der Waals surface area contributed by atoms with Gasteiger partial charge in [0.15, 0.2) is 0 Å². The van der Waals surface area contributed by atoms with E-state index in [2.05, 4.69) is 15.4 Å². The average molecular weight is 396 g/mol. The van der Waals surface area contributed by atoms with Gasteiger partial charge in [0.25, 0.3) is 5.89 Å². The van der Waals surface area contributed by atoms with Crippen molar-refractivity contribution in [1.29, 1.82) is 0 Å². The fourth-order valence-corrected chi connectivity index (χ4v) is 2.76. The summed E-state index contributed by atoms with van der Waals surface area (Å²) in [5.74, 6) is -0.309. The normalized spacial score (nSPS) is 11.3. The SMILES string of the molecule is CCc1ncc(-c2nn(C)c(=O)o2)cc1-c1ccc(NC(=O)OC(C)(C)C)cc1. The Balaban J connectivity index is 1.88. The minimum absolute atomic E-state index is 0.220. The third kappa shape index (κ3) is 4.90. The molecule has 0 aliphatic carbocycles. The van der Waals surface area contributed by atoms with Crippen LogP contribution in [0.1, 0.15) is 33.4 Å². The van der Waals surface area contributed by atoms with Crippen LogP contribution in [-0.4, -0.2) is 26.5 Å². The van der Waals surface area contributed by atoms with Gasteiger partial charge in [-0.2, -0.15) is 4.68 Å². The number of ether oxygens (including phenoxy) is 1. The summed E-state index contributed by atoms with van der Waals surface area (Å²) < 4.78 is 11.6. The summed E-state index contributed by atoms with van der Waals surface area (Å²) in [6, 6.07) is 9.27. The number of pyridine rings is 1. The first-order valence-corrected chi connectivity index (χ1v) is 9.30. The highest BCUT2D eigenvalue weighted by molar-refractivity contribution is 5.85. The number of aromatic nitrogens is 3. The Labute approximate surface area is 168 Å². The van der Waals surface area contributed by atoms with E-state index in [0.717, 1.165) is 27.9 Å². The Morgan fingerprint density at radius 3 is 2.45 bits per heavy atom. The fraction of sp³-hybridized carbons (Fsp3) is 0.333. The molecule has 8 nitrogen and oxygen atoms in total. The van der Waals surface area contributed by atoms with Gasteiger partial charge in [0, 0.05) is 30.2 Å². The Bertz CT molecular complexity index is 1080. The Morgan fingerprint density at radius 2 is 1.90 bits per heavy atom. The summed E-state index contributed by atoms with van der Waals surface area (Å²) in [6.45, 7) is 7.45. The van der Waals surface area contributed by atoms with Crippen molar-refractivity contribution in [2.75, 3.05) is 5.32 Å². The Morgan fingerprint density at radius 1 is 1.21 bits per heavy atom. The number of hydrogen-bond acceptors (Lipinski definition) is 6. The van der Waals surface area contributed by atoms with Crippen molar-refractivity contribution in [2.45, 2.75) is 39.7 Å². The van der Waals surface area contributed by atoms with Crippen LogP contribution in [0.3, 0.4) is 0 Å².